The molecule has 0 aliphatic rings. The van der Waals surface area contributed by atoms with Crippen molar-refractivity contribution >= 4 is 15.8 Å². The molecule has 2 aromatic rings. The number of hydrogen-bond acceptors (Lipinski definition) is 5. The molecule has 0 saturated heterocycles. The normalized spacial score (nSPS) is 11.9. The third kappa shape index (κ3) is 3.82. The lowest BCUT2D eigenvalue weighted by Crippen LogP contribution is -2.26. The van der Waals surface area contributed by atoms with E-state index in [1.165, 1.54) is 6.20 Å². The van der Waals surface area contributed by atoms with Crippen LogP contribution in [0.2, 0.25) is 0 Å². The largest absolute Gasteiger partial charge is 0.381 e. The van der Waals surface area contributed by atoms with E-state index in [4.69, 9.17) is 5.73 Å². The molecule has 0 saturated carbocycles. The molecule has 9 heteroatoms. The molecule has 0 aliphatic carbocycles. The van der Waals surface area contributed by atoms with Gasteiger partial charge in [0.2, 0.25) is 10.0 Å². The summed E-state index contributed by atoms with van der Waals surface area (Å²) in [6, 6.07) is 1.85. The van der Waals surface area contributed by atoms with Gasteiger partial charge in [-0.1, -0.05) is 6.92 Å². The summed E-state index contributed by atoms with van der Waals surface area (Å²) in [6.45, 7) is 2.88. The fourth-order valence-electron chi connectivity index (χ4n) is 1.96. The second kappa shape index (κ2) is 6.27. The van der Waals surface area contributed by atoms with Crippen LogP contribution in [0.25, 0.3) is 0 Å². The van der Waals surface area contributed by atoms with Crippen molar-refractivity contribution < 1.29 is 8.42 Å². The quantitative estimate of drug-likeness (QED) is 0.755. The first-order valence-corrected chi connectivity index (χ1v) is 8.22. The Hall–Kier alpha value is -1.87. The van der Waals surface area contributed by atoms with Crippen molar-refractivity contribution in [2.24, 2.45) is 7.05 Å². The second-order valence-corrected chi connectivity index (χ2v) is 6.51. The summed E-state index contributed by atoms with van der Waals surface area (Å²) < 4.78 is 30.1. The molecule has 116 valence electrons. The molecule has 8 nitrogen and oxygen atoms in total. The molecule has 2 aromatic heterocycles. The van der Waals surface area contributed by atoms with Crippen molar-refractivity contribution in [1.82, 2.24) is 24.3 Å². The first-order chi connectivity index (χ1) is 9.92. The molecule has 3 N–H and O–H groups in total. The number of nitrogen functional groups attached to an aromatic ring is 1. The minimum Gasteiger partial charge on any atom is -0.381 e. The van der Waals surface area contributed by atoms with Gasteiger partial charge in [0.1, 0.15) is 4.90 Å². The van der Waals surface area contributed by atoms with Gasteiger partial charge in [-0.2, -0.15) is 10.2 Å². The molecule has 0 fully saturated rings. The van der Waals surface area contributed by atoms with E-state index in [0.717, 1.165) is 12.1 Å². The summed E-state index contributed by atoms with van der Waals surface area (Å²) >= 11 is 0. The number of nitrogens with zero attached hydrogens (tertiary/aromatic N) is 4. The SMILES string of the molecule is CCCn1cc(S(=O)(=O)NCCc2ccn(C)n2)c(N)n1. The lowest BCUT2D eigenvalue weighted by atomic mass is 10.3. The van der Waals surface area contributed by atoms with E-state index in [-0.39, 0.29) is 17.3 Å². The summed E-state index contributed by atoms with van der Waals surface area (Å²) in [5.74, 6) is 0.0220. The Labute approximate surface area is 124 Å². The Kier molecular flexibility index (Phi) is 4.63. The highest BCUT2D eigenvalue weighted by molar-refractivity contribution is 7.89. The van der Waals surface area contributed by atoms with Crippen molar-refractivity contribution in [2.45, 2.75) is 31.2 Å². The predicted octanol–water partition coefficient (Wildman–Crippen LogP) is 0.130. The van der Waals surface area contributed by atoms with Crippen molar-refractivity contribution in [2.75, 3.05) is 12.3 Å². The number of aromatic nitrogens is 4. The van der Waals surface area contributed by atoms with Gasteiger partial charge in [-0.3, -0.25) is 9.36 Å². The Balaban J connectivity index is 2.01. The van der Waals surface area contributed by atoms with Crippen LogP contribution in [0.4, 0.5) is 5.82 Å². The van der Waals surface area contributed by atoms with Gasteiger partial charge in [-0.05, 0) is 12.5 Å². The number of nitrogens with one attached hydrogen (secondary N) is 1. The van der Waals surface area contributed by atoms with Gasteiger partial charge in [0.05, 0.1) is 5.69 Å². The van der Waals surface area contributed by atoms with E-state index in [2.05, 4.69) is 14.9 Å². The Bertz CT molecular complexity index is 703. The zero-order chi connectivity index (χ0) is 15.5. The van der Waals surface area contributed by atoms with Gasteiger partial charge < -0.3 is 5.73 Å². The van der Waals surface area contributed by atoms with Crippen LogP contribution in [-0.2, 0) is 30.0 Å². The average molecular weight is 312 g/mol. The highest BCUT2D eigenvalue weighted by Gasteiger charge is 2.20. The molecular formula is C12H20N6O2S. The smallest absolute Gasteiger partial charge is 0.245 e. The van der Waals surface area contributed by atoms with Crippen LogP contribution >= 0.6 is 0 Å². The van der Waals surface area contributed by atoms with Crippen LogP contribution < -0.4 is 10.5 Å². The summed E-state index contributed by atoms with van der Waals surface area (Å²) in [7, 11) is -1.83. The van der Waals surface area contributed by atoms with Crippen LogP contribution in [0.3, 0.4) is 0 Å². The van der Waals surface area contributed by atoms with Crippen LogP contribution in [0, 0.1) is 0 Å². The molecule has 0 bridgehead atoms. The van der Waals surface area contributed by atoms with Gasteiger partial charge in [-0.15, -0.1) is 0 Å². The molecule has 2 heterocycles. The number of sulfonamides is 1. The van der Waals surface area contributed by atoms with E-state index in [9.17, 15) is 8.42 Å². The van der Waals surface area contributed by atoms with Crippen molar-refractivity contribution in [3.63, 3.8) is 0 Å². The van der Waals surface area contributed by atoms with Crippen LogP contribution in [0.1, 0.15) is 19.0 Å². The number of anilines is 1. The highest BCUT2D eigenvalue weighted by Crippen LogP contribution is 2.16. The van der Waals surface area contributed by atoms with Crippen molar-refractivity contribution in [3.05, 3.63) is 24.2 Å². The number of aryl methyl sites for hydroxylation is 2. The molecule has 2 rings (SSSR count). The minimum absolute atomic E-state index is 0.0220. The third-order valence-electron chi connectivity index (χ3n) is 2.94. The Morgan fingerprint density at radius 1 is 1.38 bits per heavy atom. The Morgan fingerprint density at radius 2 is 2.14 bits per heavy atom. The van der Waals surface area contributed by atoms with Gasteiger partial charge in [0.15, 0.2) is 5.82 Å². The highest BCUT2D eigenvalue weighted by atomic mass is 32.2. The number of hydrogen-bond donors (Lipinski definition) is 2. The maximum atomic E-state index is 12.2. The lowest BCUT2D eigenvalue weighted by Gasteiger charge is -2.04. The molecule has 21 heavy (non-hydrogen) atoms. The fourth-order valence-corrected chi connectivity index (χ4v) is 3.06. The van der Waals surface area contributed by atoms with E-state index < -0.39 is 10.0 Å². The van der Waals surface area contributed by atoms with Crippen LogP contribution in [0.15, 0.2) is 23.4 Å². The monoisotopic (exact) mass is 312 g/mol. The Morgan fingerprint density at radius 3 is 2.76 bits per heavy atom. The van der Waals surface area contributed by atoms with Crippen molar-refractivity contribution in [1.29, 1.82) is 0 Å². The topological polar surface area (TPSA) is 108 Å². The molecule has 0 aromatic carbocycles. The van der Waals surface area contributed by atoms with Crippen LogP contribution in [-0.4, -0.2) is 34.5 Å². The molecular weight excluding hydrogens is 292 g/mol. The maximum absolute atomic E-state index is 12.2. The van der Waals surface area contributed by atoms with E-state index in [1.807, 2.05) is 26.2 Å². The molecule has 0 unspecified atom stereocenters. The molecule has 0 radical (unpaired) electrons. The number of rotatable bonds is 7. The van der Waals surface area contributed by atoms with Gasteiger partial charge in [-0.25, -0.2) is 13.1 Å². The zero-order valence-electron chi connectivity index (χ0n) is 12.2. The lowest BCUT2D eigenvalue weighted by molar-refractivity contribution is 0.579. The summed E-state index contributed by atoms with van der Waals surface area (Å²) in [6.07, 6.45) is 4.65. The summed E-state index contributed by atoms with van der Waals surface area (Å²) in [5, 5.41) is 8.19. The van der Waals surface area contributed by atoms with Gasteiger partial charge >= 0.3 is 0 Å². The molecule has 0 aliphatic heterocycles. The van der Waals surface area contributed by atoms with E-state index in [0.29, 0.717) is 13.0 Å². The second-order valence-electron chi connectivity index (χ2n) is 4.77. The predicted molar refractivity (Wildman–Crippen MR) is 79.0 cm³/mol. The molecule has 0 amide bonds. The average Bonchev–Trinajstić information content (AvgIpc) is 2.96. The molecule has 0 spiro atoms. The van der Waals surface area contributed by atoms with Crippen LogP contribution in [0.5, 0.6) is 0 Å². The van der Waals surface area contributed by atoms with Crippen molar-refractivity contribution in [3.8, 4) is 0 Å². The summed E-state index contributed by atoms with van der Waals surface area (Å²) in [5.41, 5.74) is 6.51. The van der Waals surface area contributed by atoms with Gasteiger partial charge in [0, 0.05) is 39.0 Å². The van der Waals surface area contributed by atoms with Gasteiger partial charge in [0.25, 0.3) is 0 Å². The standard InChI is InChI=1S/C12H20N6O2S/c1-3-7-18-9-11(12(13)16-18)21(19,20)14-6-4-10-5-8-17(2)15-10/h5,8-9,14H,3-4,6-7H2,1-2H3,(H2,13,16). The fraction of sp³-hybridized carbons (Fsp3) is 0.500. The number of nitrogens with two attached hydrogens (primary N) is 1. The first-order valence-electron chi connectivity index (χ1n) is 6.73. The van der Waals surface area contributed by atoms with E-state index in [1.54, 1.807) is 9.36 Å². The zero-order valence-corrected chi connectivity index (χ0v) is 13.0. The minimum atomic E-state index is -3.64. The molecule has 0 atom stereocenters. The third-order valence-corrected chi connectivity index (χ3v) is 4.42. The first kappa shape index (κ1) is 15.5. The van der Waals surface area contributed by atoms with E-state index >= 15 is 0 Å². The maximum Gasteiger partial charge on any atom is 0.245 e. The summed E-state index contributed by atoms with van der Waals surface area (Å²) in [4.78, 5) is 0.0250.